The van der Waals surface area contributed by atoms with Crippen LogP contribution < -0.4 is 0 Å². The Morgan fingerprint density at radius 1 is 1.19 bits per heavy atom. The molecule has 1 aliphatic carbocycles. The first kappa shape index (κ1) is 30.1. The number of allylic oxidation sites excluding steroid dienone is 9. The van der Waals surface area contributed by atoms with Crippen molar-refractivity contribution >= 4 is 5.78 Å². The van der Waals surface area contributed by atoms with E-state index in [9.17, 15) is 9.18 Å². The minimum absolute atomic E-state index is 0.0601. The summed E-state index contributed by atoms with van der Waals surface area (Å²) < 4.78 is 17.0. The summed E-state index contributed by atoms with van der Waals surface area (Å²) >= 11 is 0. The van der Waals surface area contributed by atoms with E-state index in [1.165, 1.54) is 6.42 Å². The predicted molar refractivity (Wildman–Crippen MR) is 137 cm³/mol. The van der Waals surface area contributed by atoms with Crippen LogP contribution in [0.4, 0.5) is 4.39 Å². The fraction of sp³-hybridized carbons (Fsp3) is 0.607. The first-order chi connectivity index (χ1) is 15.3. The van der Waals surface area contributed by atoms with Gasteiger partial charge in [-0.15, -0.1) is 0 Å². The third kappa shape index (κ3) is 13.5. The average molecular weight is 448 g/mol. The molecule has 0 radical (unpaired) electrons. The molecule has 0 amide bonds. The molecule has 0 bridgehead atoms. The molecule has 32 heavy (non-hydrogen) atoms. The second-order valence-corrected chi connectivity index (χ2v) is 8.39. The molecule has 1 fully saturated rings. The molecular weight excluding hydrogens is 401 g/mol. The molecule has 0 aromatic carbocycles. The number of hydrogen-bond acceptors (Lipinski definition) is 3. The highest BCUT2D eigenvalue weighted by Gasteiger charge is 2.22. The number of likely N-dealkylation sites (tertiary alicyclic amines) is 1. The highest BCUT2D eigenvalue weighted by molar-refractivity contribution is 5.88. The molecule has 2 rings (SSSR count). The molecule has 182 valence electrons. The third-order valence-electron chi connectivity index (χ3n) is 4.92. The van der Waals surface area contributed by atoms with E-state index < -0.39 is 0 Å². The number of hydrogen-bond donors (Lipinski definition) is 0. The lowest BCUT2D eigenvalue weighted by atomic mass is 10.0. The molecule has 2 aliphatic rings. The molecule has 0 unspecified atom stereocenters. The SMILES string of the molecule is C/C=C(\C=C/C(C)=O)C1=CC=C(OC2CCN(C(C)C)CC2)CC=C1.CCC.CCCF. The monoisotopic (exact) mass is 447 g/mol. The molecule has 1 saturated heterocycles. The van der Waals surface area contributed by atoms with Crippen LogP contribution in [0.3, 0.4) is 0 Å². The van der Waals surface area contributed by atoms with Gasteiger partial charge in [-0.05, 0) is 70.3 Å². The Morgan fingerprint density at radius 2 is 1.78 bits per heavy atom. The maximum absolute atomic E-state index is 11.2. The minimum atomic E-state index is -0.181. The zero-order valence-electron chi connectivity index (χ0n) is 21.5. The van der Waals surface area contributed by atoms with Gasteiger partial charge in [0, 0.05) is 25.6 Å². The van der Waals surface area contributed by atoms with Crippen LogP contribution in [0.2, 0.25) is 0 Å². The third-order valence-corrected chi connectivity index (χ3v) is 4.92. The van der Waals surface area contributed by atoms with Crippen molar-refractivity contribution in [3.8, 4) is 0 Å². The quantitative estimate of drug-likeness (QED) is 0.298. The molecule has 0 aromatic rings. The molecular formula is C28H46FNO2. The number of ether oxygens (including phenoxy) is 1. The van der Waals surface area contributed by atoms with Crippen LogP contribution in [-0.2, 0) is 9.53 Å². The van der Waals surface area contributed by atoms with Gasteiger partial charge in [-0.1, -0.05) is 57.6 Å². The Balaban J connectivity index is 0.00000121. The predicted octanol–water partition coefficient (Wildman–Crippen LogP) is 7.52. The van der Waals surface area contributed by atoms with Gasteiger partial charge in [0.15, 0.2) is 5.78 Å². The minimum Gasteiger partial charge on any atom is -0.494 e. The normalized spacial score (nSPS) is 17.6. The van der Waals surface area contributed by atoms with Crippen molar-refractivity contribution in [3.05, 3.63) is 59.4 Å². The molecule has 4 heteroatoms. The first-order valence-corrected chi connectivity index (χ1v) is 12.2. The first-order valence-electron chi connectivity index (χ1n) is 12.2. The Morgan fingerprint density at radius 3 is 2.25 bits per heavy atom. The van der Waals surface area contributed by atoms with Gasteiger partial charge < -0.3 is 9.64 Å². The second-order valence-electron chi connectivity index (χ2n) is 8.39. The van der Waals surface area contributed by atoms with Crippen molar-refractivity contribution in [1.29, 1.82) is 0 Å². The molecule has 0 spiro atoms. The van der Waals surface area contributed by atoms with E-state index in [1.807, 2.05) is 19.1 Å². The Kier molecular flexibility index (Phi) is 17.5. The van der Waals surface area contributed by atoms with Gasteiger partial charge in [-0.25, -0.2) is 0 Å². The molecule has 0 saturated carbocycles. The number of carbonyl (C=O) groups excluding carboxylic acids is 1. The van der Waals surface area contributed by atoms with Crippen molar-refractivity contribution in [1.82, 2.24) is 4.90 Å². The Hall–Kier alpha value is -1.94. The van der Waals surface area contributed by atoms with E-state index in [4.69, 9.17) is 4.74 Å². The number of ketones is 1. The number of rotatable bonds is 7. The summed E-state index contributed by atoms with van der Waals surface area (Å²) in [4.78, 5) is 13.7. The lowest BCUT2D eigenvalue weighted by Crippen LogP contribution is -2.40. The number of carbonyl (C=O) groups is 1. The van der Waals surface area contributed by atoms with Crippen LogP contribution >= 0.6 is 0 Å². The fourth-order valence-corrected chi connectivity index (χ4v) is 3.18. The van der Waals surface area contributed by atoms with E-state index in [1.54, 1.807) is 19.9 Å². The van der Waals surface area contributed by atoms with Crippen molar-refractivity contribution in [3.63, 3.8) is 0 Å². The molecule has 0 atom stereocenters. The highest BCUT2D eigenvalue weighted by atomic mass is 19.1. The summed E-state index contributed by atoms with van der Waals surface area (Å²) in [7, 11) is 0. The summed E-state index contributed by atoms with van der Waals surface area (Å²) in [6.07, 6.45) is 19.1. The van der Waals surface area contributed by atoms with Crippen molar-refractivity contribution < 1.29 is 13.9 Å². The zero-order chi connectivity index (χ0) is 24.4. The van der Waals surface area contributed by atoms with Crippen LogP contribution in [0.5, 0.6) is 0 Å². The lowest BCUT2D eigenvalue weighted by Gasteiger charge is -2.34. The van der Waals surface area contributed by atoms with E-state index in [-0.39, 0.29) is 12.5 Å². The summed E-state index contributed by atoms with van der Waals surface area (Å²) in [6, 6.07) is 0.619. The lowest BCUT2D eigenvalue weighted by molar-refractivity contribution is -0.112. The number of nitrogens with zero attached hydrogens (tertiary/aromatic N) is 1. The smallest absolute Gasteiger partial charge is 0.152 e. The maximum atomic E-state index is 11.2. The summed E-state index contributed by atoms with van der Waals surface area (Å²) in [5, 5.41) is 0. The number of alkyl halides is 1. The number of halogens is 1. The van der Waals surface area contributed by atoms with Crippen molar-refractivity contribution in [2.75, 3.05) is 19.8 Å². The van der Waals surface area contributed by atoms with Crippen LogP contribution in [0, 0.1) is 0 Å². The fourth-order valence-electron chi connectivity index (χ4n) is 3.18. The van der Waals surface area contributed by atoms with Gasteiger partial charge in [0.25, 0.3) is 0 Å². The summed E-state index contributed by atoms with van der Waals surface area (Å²) in [6.45, 7) is 16.2. The van der Waals surface area contributed by atoms with Gasteiger partial charge in [-0.3, -0.25) is 9.18 Å². The second kappa shape index (κ2) is 18.6. The summed E-state index contributed by atoms with van der Waals surface area (Å²) in [5.74, 6) is 1.09. The van der Waals surface area contributed by atoms with Gasteiger partial charge in [-0.2, -0.15) is 0 Å². The zero-order valence-corrected chi connectivity index (χ0v) is 21.5. The van der Waals surface area contributed by atoms with E-state index in [2.05, 4.69) is 56.9 Å². The Bertz CT molecular complexity index is 661. The van der Waals surface area contributed by atoms with E-state index in [0.717, 1.165) is 49.3 Å². The van der Waals surface area contributed by atoms with Crippen LogP contribution in [0.25, 0.3) is 0 Å². The van der Waals surface area contributed by atoms with Gasteiger partial charge in [0.05, 0.1) is 6.67 Å². The van der Waals surface area contributed by atoms with Crippen LogP contribution in [-0.4, -0.2) is 42.6 Å². The molecule has 1 heterocycles. The van der Waals surface area contributed by atoms with Gasteiger partial charge in [0.2, 0.25) is 0 Å². The summed E-state index contributed by atoms with van der Waals surface area (Å²) in [5.41, 5.74) is 2.16. The average Bonchev–Trinajstić information content (AvgIpc) is 3.01. The van der Waals surface area contributed by atoms with Crippen LogP contribution in [0.15, 0.2) is 59.4 Å². The van der Waals surface area contributed by atoms with Crippen LogP contribution in [0.1, 0.15) is 80.6 Å². The molecule has 3 nitrogen and oxygen atoms in total. The largest absolute Gasteiger partial charge is 0.494 e. The topological polar surface area (TPSA) is 29.5 Å². The number of piperidine rings is 1. The van der Waals surface area contributed by atoms with Crippen molar-refractivity contribution in [2.45, 2.75) is 92.7 Å². The highest BCUT2D eigenvalue weighted by Crippen LogP contribution is 2.23. The maximum Gasteiger partial charge on any atom is 0.152 e. The van der Waals surface area contributed by atoms with Crippen molar-refractivity contribution in [2.24, 2.45) is 0 Å². The molecule has 0 aromatic heterocycles. The molecule has 0 N–H and O–H groups in total. The Labute approximate surface area is 196 Å². The van der Waals surface area contributed by atoms with E-state index in [0.29, 0.717) is 18.6 Å². The van der Waals surface area contributed by atoms with Gasteiger partial charge >= 0.3 is 0 Å². The molecule has 1 aliphatic heterocycles. The van der Waals surface area contributed by atoms with E-state index >= 15 is 0 Å². The van der Waals surface area contributed by atoms with Gasteiger partial charge in [0.1, 0.15) is 11.9 Å². The standard InChI is InChI=1S/C22H31NO2.C3H7F.C3H8/c1-5-19(10-9-18(4)24)20-7-6-8-21(12-11-20)25-22-13-15-23(16-14-22)17(2)3;1-2-3-4;1-3-2/h5-7,9-12,17,22H,8,13-16H2,1-4H3;2-3H2,1H3;3H2,1-2H3/b10-9-,19-5+;;.